The largest absolute Gasteiger partial charge is 0.149 e. The molecule has 0 aliphatic heterocycles. The fourth-order valence-corrected chi connectivity index (χ4v) is 1.17. The molecule has 1 rings (SSSR count). The lowest BCUT2D eigenvalue weighted by molar-refractivity contribution is 1.19. The van der Waals surface area contributed by atoms with Gasteiger partial charge < -0.3 is 0 Å². The van der Waals surface area contributed by atoms with Gasteiger partial charge in [-0.15, -0.1) is 24.2 Å². The summed E-state index contributed by atoms with van der Waals surface area (Å²) in [6, 6.07) is 4.24. The van der Waals surface area contributed by atoms with Crippen LogP contribution in [-0.2, 0) is 6.42 Å². The van der Waals surface area contributed by atoms with Crippen molar-refractivity contribution in [2.24, 2.45) is 0 Å². The number of thiophene rings is 1. The molecule has 0 bridgehead atoms. The number of hydrogen-bond donors (Lipinski definition) is 0. The van der Waals surface area contributed by atoms with E-state index in [1.54, 1.807) is 0 Å². The molecule has 1 heterocycles. The third-order valence-corrected chi connectivity index (χ3v) is 1.95. The Labute approximate surface area is 60.5 Å². The van der Waals surface area contributed by atoms with Crippen LogP contribution in [0.3, 0.4) is 0 Å². The van der Waals surface area contributed by atoms with Crippen LogP contribution in [0.15, 0.2) is 17.5 Å². The quantitative estimate of drug-likeness (QED) is 0.523. The van der Waals surface area contributed by atoms with Crippen LogP contribution in [0.1, 0.15) is 11.8 Å². The van der Waals surface area contributed by atoms with Gasteiger partial charge in [-0.3, -0.25) is 0 Å². The maximum absolute atomic E-state index is 4.00. The highest BCUT2D eigenvalue weighted by Crippen LogP contribution is 2.07. The number of terminal acetylenes is 1. The van der Waals surface area contributed by atoms with Gasteiger partial charge in [-0.05, 0) is 17.9 Å². The first-order valence-corrected chi connectivity index (χ1v) is 3.67. The molecule has 9 heavy (non-hydrogen) atoms. The molecule has 0 spiro atoms. The Kier molecular flexibility index (Phi) is 4.95. The van der Waals surface area contributed by atoms with Crippen LogP contribution in [0.2, 0.25) is 0 Å². The zero-order valence-corrected chi connectivity index (χ0v) is 6.32. The highest BCUT2D eigenvalue weighted by atomic mass is 32.1. The van der Waals surface area contributed by atoms with Gasteiger partial charge in [0.05, 0.1) is 0 Å². The van der Waals surface area contributed by atoms with Crippen molar-refractivity contribution >= 4 is 11.3 Å². The van der Waals surface area contributed by atoms with E-state index in [-0.39, 0.29) is 0 Å². The second kappa shape index (κ2) is 5.40. The minimum absolute atomic E-state index is 1.18. The summed E-state index contributed by atoms with van der Waals surface area (Å²) in [6.45, 7) is 2.17. The molecule has 0 atom stereocenters. The summed E-state index contributed by atoms with van der Waals surface area (Å²) in [5.41, 5.74) is 0. The van der Waals surface area contributed by atoms with Gasteiger partial charge in [0, 0.05) is 4.88 Å². The van der Waals surface area contributed by atoms with Gasteiger partial charge in [0.2, 0.25) is 0 Å². The first kappa shape index (κ1) is 8.26. The average Bonchev–Trinajstić information content (AvgIpc) is 2.43. The van der Waals surface area contributed by atoms with Crippen LogP contribution in [0, 0.1) is 12.8 Å². The Balaban J connectivity index is 0.000000291. The van der Waals surface area contributed by atoms with E-state index in [4.69, 9.17) is 0 Å². The van der Waals surface area contributed by atoms with E-state index in [0.29, 0.717) is 0 Å². The molecule has 0 amide bonds. The highest BCUT2D eigenvalue weighted by molar-refractivity contribution is 7.09. The summed E-state index contributed by atoms with van der Waals surface area (Å²) in [7, 11) is 0. The maximum atomic E-state index is 4.00. The molecule has 0 N–H and O–H groups in total. The number of rotatable bonds is 1. The van der Waals surface area contributed by atoms with Crippen LogP contribution in [-0.4, -0.2) is 0 Å². The molecule has 1 aromatic heterocycles. The van der Waals surface area contributed by atoms with E-state index in [1.165, 1.54) is 11.3 Å². The van der Waals surface area contributed by atoms with Crippen molar-refractivity contribution in [2.45, 2.75) is 13.3 Å². The van der Waals surface area contributed by atoms with Crippen LogP contribution in [0.5, 0.6) is 0 Å². The molecule has 0 saturated carbocycles. The van der Waals surface area contributed by atoms with E-state index < -0.39 is 0 Å². The predicted octanol–water partition coefficient (Wildman–Crippen LogP) is 2.56. The lowest BCUT2D eigenvalue weighted by Gasteiger charge is -1.78. The van der Waals surface area contributed by atoms with Gasteiger partial charge >= 0.3 is 0 Å². The second-order valence-corrected chi connectivity index (χ2v) is 2.47. The molecule has 1 aromatic rings. The minimum Gasteiger partial charge on any atom is -0.149 e. The monoisotopic (exact) mass is 138 g/mol. The fraction of sp³-hybridized carbons (Fsp3) is 0.250. The molecule has 0 radical (unpaired) electrons. The molecule has 48 valence electrons. The molecule has 0 aliphatic carbocycles. The van der Waals surface area contributed by atoms with Crippen molar-refractivity contribution in [2.75, 3.05) is 0 Å². The third kappa shape index (κ3) is 2.94. The van der Waals surface area contributed by atoms with Crippen LogP contribution in [0.4, 0.5) is 0 Å². The summed E-state index contributed by atoms with van der Waals surface area (Å²) in [5, 5.41) is 2.11. The van der Waals surface area contributed by atoms with Gasteiger partial charge in [-0.2, -0.15) is 0 Å². The second-order valence-electron chi connectivity index (χ2n) is 1.43. The molecule has 0 aromatic carbocycles. The van der Waals surface area contributed by atoms with Crippen molar-refractivity contribution in [1.29, 1.82) is 0 Å². The average molecular weight is 138 g/mol. The summed E-state index contributed by atoms with van der Waals surface area (Å²) < 4.78 is 0. The van der Waals surface area contributed by atoms with Crippen LogP contribution < -0.4 is 0 Å². The molecule has 0 fully saturated rings. The standard InChI is InChI=1S/C6H8S.C2H2/c1-2-6-4-3-5-7-6;1-2/h3-5H,2H2,1H3;1-2H. The minimum atomic E-state index is 1.18. The first-order valence-electron chi connectivity index (χ1n) is 2.79. The molecule has 0 saturated heterocycles. The predicted molar refractivity (Wildman–Crippen MR) is 43.6 cm³/mol. The van der Waals surface area contributed by atoms with E-state index in [9.17, 15) is 0 Å². The number of aryl methyl sites for hydroxylation is 1. The van der Waals surface area contributed by atoms with E-state index >= 15 is 0 Å². The van der Waals surface area contributed by atoms with E-state index in [1.807, 2.05) is 11.3 Å². The van der Waals surface area contributed by atoms with Crippen molar-refractivity contribution in [3.05, 3.63) is 22.4 Å². The Morgan fingerprint density at radius 3 is 2.44 bits per heavy atom. The number of hydrogen-bond acceptors (Lipinski definition) is 1. The van der Waals surface area contributed by atoms with E-state index in [0.717, 1.165) is 0 Å². The summed E-state index contributed by atoms with van der Waals surface area (Å²) >= 11 is 1.82. The zero-order valence-electron chi connectivity index (χ0n) is 5.50. The van der Waals surface area contributed by atoms with E-state index in [2.05, 4.69) is 37.3 Å². The maximum Gasteiger partial charge on any atom is 0.00424 e. The Bertz CT molecular complexity index is 148. The lowest BCUT2D eigenvalue weighted by atomic mass is 10.4. The third-order valence-electron chi connectivity index (χ3n) is 0.929. The van der Waals surface area contributed by atoms with Crippen molar-refractivity contribution < 1.29 is 0 Å². The topological polar surface area (TPSA) is 0 Å². The van der Waals surface area contributed by atoms with Crippen LogP contribution in [0.25, 0.3) is 0 Å². The first-order chi connectivity index (χ1) is 4.43. The summed E-state index contributed by atoms with van der Waals surface area (Å²) in [4.78, 5) is 1.47. The van der Waals surface area contributed by atoms with Gasteiger partial charge in [0.1, 0.15) is 0 Å². The van der Waals surface area contributed by atoms with Crippen molar-refractivity contribution in [3.63, 3.8) is 0 Å². The summed E-state index contributed by atoms with van der Waals surface area (Å²) in [6.07, 6.45) is 9.18. The lowest BCUT2D eigenvalue weighted by Crippen LogP contribution is -1.63. The van der Waals surface area contributed by atoms with Gasteiger partial charge in [-0.25, -0.2) is 0 Å². The van der Waals surface area contributed by atoms with Gasteiger partial charge in [0.15, 0.2) is 0 Å². The molecular formula is C8H10S. The molecular weight excluding hydrogens is 128 g/mol. The van der Waals surface area contributed by atoms with Crippen molar-refractivity contribution in [3.8, 4) is 12.8 Å². The SMILES string of the molecule is C#C.CCc1cccs1. The molecule has 0 aliphatic rings. The van der Waals surface area contributed by atoms with Crippen molar-refractivity contribution in [1.82, 2.24) is 0 Å². The molecule has 0 nitrogen and oxygen atoms in total. The van der Waals surface area contributed by atoms with Gasteiger partial charge in [-0.1, -0.05) is 13.0 Å². The van der Waals surface area contributed by atoms with Crippen LogP contribution >= 0.6 is 11.3 Å². The summed E-state index contributed by atoms with van der Waals surface area (Å²) in [5.74, 6) is 0. The zero-order chi connectivity index (χ0) is 7.11. The van der Waals surface area contributed by atoms with Gasteiger partial charge in [0.25, 0.3) is 0 Å². The molecule has 1 heteroatoms. The molecule has 0 unspecified atom stereocenters. The fourth-order valence-electron chi connectivity index (χ4n) is 0.514. The Morgan fingerprint density at radius 2 is 2.22 bits per heavy atom. The Hall–Kier alpha value is -0.740. The normalized spacial score (nSPS) is 7.44. The highest BCUT2D eigenvalue weighted by Gasteiger charge is 1.82. The smallest absolute Gasteiger partial charge is 0.00424 e. The Morgan fingerprint density at radius 1 is 1.56 bits per heavy atom.